The molecule has 1 aromatic rings. The molecule has 0 radical (unpaired) electrons. The maximum Gasteiger partial charge on any atom is 0.0938 e. The predicted molar refractivity (Wildman–Crippen MR) is 54.8 cm³/mol. The summed E-state index contributed by atoms with van der Waals surface area (Å²) in [4.78, 5) is 0. The van der Waals surface area contributed by atoms with Crippen LogP contribution in [0.2, 0.25) is 5.02 Å². The van der Waals surface area contributed by atoms with E-state index in [0.717, 1.165) is 11.1 Å². The van der Waals surface area contributed by atoms with Gasteiger partial charge in [-0.15, -0.1) is 0 Å². The monoisotopic (exact) mass is 199 g/mol. The molecule has 3 heteroatoms. The van der Waals surface area contributed by atoms with Crippen molar-refractivity contribution in [2.45, 2.75) is 26.0 Å². The summed E-state index contributed by atoms with van der Waals surface area (Å²) in [5.41, 5.74) is 7.38. The minimum absolute atomic E-state index is 0.280. The number of aliphatic hydroxyl groups is 1. The number of hydrogen-bond donors (Lipinski definition) is 2. The van der Waals surface area contributed by atoms with Gasteiger partial charge in [0.25, 0.3) is 0 Å². The molecule has 1 rings (SSSR count). The zero-order chi connectivity index (χ0) is 10.0. The molecular formula is C10H14ClNO. The number of aliphatic hydroxyl groups excluding tert-OH is 1. The third-order valence-electron chi connectivity index (χ3n) is 1.90. The second-order valence-corrected chi connectivity index (χ2v) is 3.80. The molecule has 1 aromatic carbocycles. The molecule has 0 aliphatic carbocycles. The molecule has 72 valence electrons. The van der Waals surface area contributed by atoms with E-state index in [0.29, 0.717) is 5.02 Å². The Morgan fingerprint density at radius 3 is 2.46 bits per heavy atom. The van der Waals surface area contributed by atoms with E-state index in [9.17, 15) is 5.11 Å². The van der Waals surface area contributed by atoms with Crippen LogP contribution in [0.25, 0.3) is 0 Å². The van der Waals surface area contributed by atoms with E-state index in [-0.39, 0.29) is 6.04 Å². The van der Waals surface area contributed by atoms with Crippen molar-refractivity contribution in [1.82, 2.24) is 0 Å². The summed E-state index contributed by atoms with van der Waals surface area (Å²) >= 11 is 5.85. The van der Waals surface area contributed by atoms with Crippen molar-refractivity contribution in [2.75, 3.05) is 0 Å². The van der Waals surface area contributed by atoms with Crippen LogP contribution in [-0.2, 0) is 0 Å². The molecule has 0 amide bonds. The molecule has 0 bridgehead atoms. The molecule has 2 atom stereocenters. The molecule has 13 heavy (non-hydrogen) atoms. The topological polar surface area (TPSA) is 46.2 Å². The average Bonchev–Trinajstić information content (AvgIpc) is 2.01. The summed E-state index contributed by atoms with van der Waals surface area (Å²) in [6.45, 7) is 3.70. The third-order valence-corrected chi connectivity index (χ3v) is 2.12. The fourth-order valence-electron chi connectivity index (χ4n) is 1.24. The van der Waals surface area contributed by atoms with E-state index in [4.69, 9.17) is 17.3 Å². The summed E-state index contributed by atoms with van der Waals surface area (Å²) in [6, 6.07) is 5.19. The lowest BCUT2D eigenvalue weighted by molar-refractivity contribution is 0.153. The lowest BCUT2D eigenvalue weighted by atomic mass is 10.0. The zero-order valence-corrected chi connectivity index (χ0v) is 8.55. The largest absolute Gasteiger partial charge is 0.387 e. The van der Waals surface area contributed by atoms with Gasteiger partial charge < -0.3 is 10.8 Å². The van der Waals surface area contributed by atoms with Crippen molar-refractivity contribution in [3.05, 3.63) is 34.3 Å². The molecule has 0 aliphatic heterocycles. The van der Waals surface area contributed by atoms with Crippen LogP contribution in [-0.4, -0.2) is 11.1 Å². The Bertz CT molecular complexity index is 279. The van der Waals surface area contributed by atoms with Crippen LogP contribution in [0.4, 0.5) is 0 Å². The fraction of sp³-hybridized carbons (Fsp3) is 0.400. The highest BCUT2D eigenvalue weighted by atomic mass is 35.5. The van der Waals surface area contributed by atoms with Crippen LogP contribution in [0.1, 0.15) is 24.2 Å². The smallest absolute Gasteiger partial charge is 0.0938 e. The van der Waals surface area contributed by atoms with Crippen molar-refractivity contribution in [3.63, 3.8) is 0 Å². The second kappa shape index (κ2) is 4.09. The fourth-order valence-corrected chi connectivity index (χ4v) is 1.54. The second-order valence-electron chi connectivity index (χ2n) is 3.37. The first-order valence-corrected chi connectivity index (χ1v) is 4.59. The van der Waals surface area contributed by atoms with Crippen LogP contribution in [0.15, 0.2) is 18.2 Å². The SMILES string of the molecule is Cc1cc(Cl)cc([C@H](O)[C@@H](C)N)c1. The van der Waals surface area contributed by atoms with Crippen LogP contribution in [0, 0.1) is 6.92 Å². The van der Waals surface area contributed by atoms with Crippen LogP contribution in [0.5, 0.6) is 0 Å². The molecule has 3 N–H and O–H groups in total. The summed E-state index contributed by atoms with van der Waals surface area (Å²) < 4.78 is 0. The van der Waals surface area contributed by atoms with Gasteiger partial charge in [-0.1, -0.05) is 17.7 Å². The Morgan fingerprint density at radius 1 is 1.38 bits per heavy atom. The molecule has 0 spiro atoms. The molecule has 2 nitrogen and oxygen atoms in total. The molecular weight excluding hydrogens is 186 g/mol. The number of hydrogen-bond acceptors (Lipinski definition) is 2. The first-order valence-electron chi connectivity index (χ1n) is 4.21. The number of aryl methyl sites for hydroxylation is 1. The van der Waals surface area contributed by atoms with Gasteiger partial charge in [-0.25, -0.2) is 0 Å². The summed E-state index contributed by atoms with van der Waals surface area (Å²) in [7, 11) is 0. The Hall–Kier alpha value is -0.570. The Balaban J connectivity index is 3.01. The summed E-state index contributed by atoms with van der Waals surface area (Å²) in [5, 5.41) is 10.3. The normalized spacial score (nSPS) is 15.5. The first-order chi connectivity index (χ1) is 6.00. The van der Waals surface area contributed by atoms with Gasteiger partial charge in [-0.3, -0.25) is 0 Å². The third kappa shape index (κ3) is 2.69. The first kappa shape index (κ1) is 10.5. The summed E-state index contributed by atoms with van der Waals surface area (Å²) in [5.74, 6) is 0. The van der Waals surface area contributed by atoms with E-state index < -0.39 is 6.10 Å². The minimum Gasteiger partial charge on any atom is -0.387 e. The van der Waals surface area contributed by atoms with Crippen molar-refractivity contribution in [2.24, 2.45) is 5.73 Å². The van der Waals surface area contributed by atoms with E-state index in [1.807, 2.05) is 19.1 Å². The zero-order valence-electron chi connectivity index (χ0n) is 7.79. The maximum absolute atomic E-state index is 9.66. The Kier molecular flexibility index (Phi) is 3.31. The highest BCUT2D eigenvalue weighted by Crippen LogP contribution is 2.21. The van der Waals surface area contributed by atoms with Crippen LogP contribution >= 0.6 is 11.6 Å². The average molecular weight is 200 g/mol. The highest BCUT2D eigenvalue weighted by Gasteiger charge is 2.12. The van der Waals surface area contributed by atoms with Gasteiger partial charge in [0.2, 0.25) is 0 Å². The standard InChI is InChI=1S/C10H14ClNO/c1-6-3-8(5-9(11)4-6)10(13)7(2)12/h3-5,7,10,13H,12H2,1-2H3/t7-,10-/m1/s1. The van der Waals surface area contributed by atoms with Gasteiger partial charge in [-0.05, 0) is 37.1 Å². The minimum atomic E-state index is -0.641. The van der Waals surface area contributed by atoms with Gasteiger partial charge in [0, 0.05) is 11.1 Å². The summed E-state index contributed by atoms with van der Waals surface area (Å²) in [6.07, 6.45) is -0.641. The molecule has 0 saturated heterocycles. The lowest BCUT2D eigenvalue weighted by Crippen LogP contribution is -2.24. The van der Waals surface area contributed by atoms with Crippen molar-refractivity contribution >= 4 is 11.6 Å². The predicted octanol–water partition coefficient (Wildman–Crippen LogP) is 2.03. The quantitative estimate of drug-likeness (QED) is 0.766. The molecule has 0 heterocycles. The number of nitrogens with two attached hydrogens (primary N) is 1. The number of rotatable bonds is 2. The van der Waals surface area contributed by atoms with Crippen LogP contribution < -0.4 is 5.73 Å². The van der Waals surface area contributed by atoms with E-state index in [1.54, 1.807) is 13.0 Å². The number of halogens is 1. The van der Waals surface area contributed by atoms with Gasteiger partial charge in [0.15, 0.2) is 0 Å². The molecule has 0 aliphatic rings. The molecule has 0 fully saturated rings. The number of benzene rings is 1. The highest BCUT2D eigenvalue weighted by molar-refractivity contribution is 6.30. The van der Waals surface area contributed by atoms with Crippen molar-refractivity contribution in [1.29, 1.82) is 0 Å². The maximum atomic E-state index is 9.66. The molecule has 0 unspecified atom stereocenters. The molecule has 0 saturated carbocycles. The van der Waals surface area contributed by atoms with E-state index >= 15 is 0 Å². The molecule has 0 aromatic heterocycles. The van der Waals surface area contributed by atoms with Gasteiger partial charge in [0.1, 0.15) is 0 Å². The van der Waals surface area contributed by atoms with Crippen LogP contribution in [0.3, 0.4) is 0 Å². The Labute approximate surface area is 83.3 Å². The van der Waals surface area contributed by atoms with Gasteiger partial charge >= 0.3 is 0 Å². The van der Waals surface area contributed by atoms with Gasteiger partial charge in [-0.2, -0.15) is 0 Å². The van der Waals surface area contributed by atoms with Gasteiger partial charge in [0.05, 0.1) is 6.10 Å². The van der Waals surface area contributed by atoms with Crippen molar-refractivity contribution < 1.29 is 5.11 Å². The lowest BCUT2D eigenvalue weighted by Gasteiger charge is -2.15. The Morgan fingerprint density at radius 2 is 2.00 bits per heavy atom. The van der Waals surface area contributed by atoms with Crippen molar-refractivity contribution in [3.8, 4) is 0 Å². The van der Waals surface area contributed by atoms with E-state index in [2.05, 4.69) is 0 Å². The van der Waals surface area contributed by atoms with E-state index in [1.165, 1.54) is 0 Å².